The topological polar surface area (TPSA) is 47.5 Å². The molecule has 0 aromatic carbocycles. The van der Waals surface area contributed by atoms with Crippen molar-refractivity contribution in [3.05, 3.63) is 41.0 Å². The highest BCUT2D eigenvalue weighted by atomic mass is 32.1. The van der Waals surface area contributed by atoms with Crippen LogP contribution < -0.4 is 4.74 Å². The van der Waals surface area contributed by atoms with E-state index in [0.717, 1.165) is 39.1 Å². The van der Waals surface area contributed by atoms with E-state index in [-0.39, 0.29) is 5.60 Å². The maximum Gasteiger partial charge on any atom is 0.213 e. The molecule has 1 saturated carbocycles. The first kappa shape index (κ1) is 16.0. The highest BCUT2D eigenvalue weighted by Crippen LogP contribution is 2.41. The van der Waals surface area contributed by atoms with E-state index in [9.17, 15) is 0 Å². The summed E-state index contributed by atoms with van der Waals surface area (Å²) in [6, 6.07) is 5.78. The summed E-state index contributed by atoms with van der Waals surface area (Å²) in [6.07, 6.45) is 7.15. The Morgan fingerprint density at radius 1 is 1.33 bits per heavy atom. The Morgan fingerprint density at radius 2 is 2.33 bits per heavy atom. The van der Waals surface area contributed by atoms with E-state index in [2.05, 4.69) is 14.9 Å². The average Bonchev–Trinajstić information content (AvgIpc) is 3.25. The van der Waals surface area contributed by atoms with Crippen molar-refractivity contribution < 1.29 is 9.47 Å². The van der Waals surface area contributed by atoms with E-state index in [1.807, 2.05) is 29.8 Å². The number of nitrogens with zero attached hydrogens (tertiary/aromatic N) is 3. The van der Waals surface area contributed by atoms with Crippen LogP contribution in [0.2, 0.25) is 0 Å². The molecule has 1 spiro atoms. The number of hydrogen-bond acceptors (Lipinski definition) is 6. The largest absolute Gasteiger partial charge is 0.477 e. The molecule has 5 nitrogen and oxygen atoms in total. The lowest BCUT2D eigenvalue weighted by Gasteiger charge is -2.43. The molecular formula is C18H23N3O2S. The van der Waals surface area contributed by atoms with Gasteiger partial charge in [0.05, 0.1) is 25.4 Å². The predicted molar refractivity (Wildman–Crippen MR) is 93.1 cm³/mol. The molecule has 2 aliphatic rings. The zero-order valence-corrected chi connectivity index (χ0v) is 14.6. The van der Waals surface area contributed by atoms with Gasteiger partial charge < -0.3 is 9.47 Å². The lowest BCUT2D eigenvalue weighted by atomic mass is 9.89. The summed E-state index contributed by atoms with van der Waals surface area (Å²) in [4.78, 5) is 11.2. The smallest absolute Gasteiger partial charge is 0.213 e. The molecule has 1 aliphatic heterocycles. The molecule has 2 atom stereocenters. The number of hydrogen-bond donors (Lipinski definition) is 0. The lowest BCUT2D eigenvalue weighted by Crippen LogP contribution is -2.54. The van der Waals surface area contributed by atoms with Crippen LogP contribution in [0, 0.1) is 5.92 Å². The first-order chi connectivity index (χ1) is 11.8. The Hall–Kier alpha value is -1.50. The minimum Gasteiger partial charge on any atom is -0.477 e. The van der Waals surface area contributed by atoms with E-state index in [4.69, 9.17) is 9.47 Å². The number of thiazole rings is 1. The van der Waals surface area contributed by atoms with Gasteiger partial charge in [0.2, 0.25) is 5.88 Å². The summed E-state index contributed by atoms with van der Waals surface area (Å²) in [6.45, 7) is 4.36. The van der Waals surface area contributed by atoms with Gasteiger partial charge in [-0.1, -0.05) is 6.07 Å². The molecule has 0 amide bonds. The molecule has 0 bridgehead atoms. The molecule has 4 rings (SSSR count). The van der Waals surface area contributed by atoms with Crippen LogP contribution in [0.25, 0.3) is 0 Å². The Kier molecular flexibility index (Phi) is 4.78. The van der Waals surface area contributed by atoms with Crippen LogP contribution in [0.4, 0.5) is 0 Å². The Labute approximate surface area is 146 Å². The van der Waals surface area contributed by atoms with Crippen LogP contribution in [0.1, 0.15) is 24.3 Å². The first-order valence-corrected chi connectivity index (χ1v) is 9.51. The number of ether oxygens (including phenoxy) is 2. The molecule has 6 heteroatoms. The Morgan fingerprint density at radius 3 is 3.17 bits per heavy atom. The van der Waals surface area contributed by atoms with Crippen molar-refractivity contribution in [2.24, 2.45) is 5.92 Å². The minimum absolute atomic E-state index is 0.0652. The molecule has 1 aliphatic carbocycles. The van der Waals surface area contributed by atoms with Crippen molar-refractivity contribution >= 4 is 11.3 Å². The zero-order valence-electron chi connectivity index (χ0n) is 13.8. The van der Waals surface area contributed by atoms with Crippen molar-refractivity contribution in [1.82, 2.24) is 14.9 Å². The maximum atomic E-state index is 6.32. The summed E-state index contributed by atoms with van der Waals surface area (Å²) in [5, 5.41) is 3.23. The van der Waals surface area contributed by atoms with Crippen molar-refractivity contribution in [2.45, 2.75) is 31.4 Å². The second-order valence-electron chi connectivity index (χ2n) is 6.62. The Balaban J connectivity index is 1.40. The lowest BCUT2D eigenvalue weighted by molar-refractivity contribution is -0.137. The van der Waals surface area contributed by atoms with Crippen molar-refractivity contribution in [2.75, 3.05) is 26.3 Å². The summed E-state index contributed by atoms with van der Waals surface area (Å²) in [5.74, 6) is 1.13. The summed E-state index contributed by atoms with van der Waals surface area (Å²) >= 11 is 1.73. The van der Waals surface area contributed by atoms with Gasteiger partial charge in [-0.05, 0) is 25.3 Å². The molecule has 0 radical (unpaired) electrons. The summed E-state index contributed by atoms with van der Waals surface area (Å²) in [5.41, 5.74) is -0.0652. The van der Waals surface area contributed by atoms with Gasteiger partial charge in [-0.2, -0.15) is 0 Å². The molecule has 3 heterocycles. The van der Waals surface area contributed by atoms with Gasteiger partial charge in [-0.25, -0.2) is 9.97 Å². The second-order valence-corrected chi connectivity index (χ2v) is 7.60. The monoisotopic (exact) mass is 345 g/mol. The second kappa shape index (κ2) is 7.17. The number of rotatable bonds is 5. The van der Waals surface area contributed by atoms with Gasteiger partial charge in [-0.15, -0.1) is 11.3 Å². The molecular weight excluding hydrogens is 322 g/mol. The molecule has 2 aromatic heterocycles. The van der Waals surface area contributed by atoms with Crippen molar-refractivity contribution in [3.8, 4) is 5.88 Å². The number of aromatic nitrogens is 2. The highest BCUT2D eigenvalue weighted by Gasteiger charge is 2.47. The van der Waals surface area contributed by atoms with Crippen molar-refractivity contribution in [1.29, 1.82) is 0 Å². The SMILES string of the molecule is c1ccc(OC[C@H]2CCC[C@]23CN(Cc2nccs2)CCO3)nc1. The van der Waals surface area contributed by atoms with E-state index in [1.165, 1.54) is 11.4 Å². The third kappa shape index (κ3) is 3.45. The van der Waals surface area contributed by atoms with Crippen LogP contribution in [-0.2, 0) is 11.3 Å². The standard InChI is InChI=1S/C18H23N3O2S/c1-2-7-19-16(5-1)22-13-15-4-3-6-18(15)14-21(9-10-23-18)12-17-20-8-11-24-17/h1-2,5,7-8,11,15H,3-4,6,9-10,12-14H2/t15-,18+/m1/s1. The highest BCUT2D eigenvalue weighted by molar-refractivity contribution is 7.09. The maximum absolute atomic E-state index is 6.32. The van der Waals surface area contributed by atoms with Crippen LogP contribution in [-0.4, -0.2) is 46.8 Å². The van der Waals surface area contributed by atoms with E-state index in [1.54, 1.807) is 17.5 Å². The van der Waals surface area contributed by atoms with Gasteiger partial charge in [0.15, 0.2) is 0 Å². The molecule has 0 N–H and O–H groups in total. The molecule has 2 fully saturated rings. The van der Waals surface area contributed by atoms with Crippen LogP contribution in [0.5, 0.6) is 5.88 Å². The van der Waals surface area contributed by atoms with Gasteiger partial charge >= 0.3 is 0 Å². The van der Waals surface area contributed by atoms with Crippen molar-refractivity contribution in [3.63, 3.8) is 0 Å². The number of morpholine rings is 1. The molecule has 2 aromatic rings. The fraction of sp³-hybridized carbons (Fsp3) is 0.556. The quantitative estimate of drug-likeness (QED) is 0.834. The molecule has 0 unspecified atom stereocenters. The first-order valence-electron chi connectivity index (χ1n) is 8.63. The minimum atomic E-state index is -0.0652. The van der Waals surface area contributed by atoms with Gasteiger partial charge in [0.1, 0.15) is 5.01 Å². The average molecular weight is 345 g/mol. The summed E-state index contributed by atoms with van der Waals surface area (Å²) < 4.78 is 12.3. The van der Waals surface area contributed by atoms with Gasteiger partial charge in [0.25, 0.3) is 0 Å². The summed E-state index contributed by atoms with van der Waals surface area (Å²) in [7, 11) is 0. The van der Waals surface area contributed by atoms with E-state index >= 15 is 0 Å². The van der Waals surface area contributed by atoms with Crippen LogP contribution in [0.3, 0.4) is 0 Å². The third-order valence-corrected chi connectivity index (χ3v) is 5.86. The van der Waals surface area contributed by atoms with Crippen LogP contribution in [0.15, 0.2) is 36.0 Å². The third-order valence-electron chi connectivity index (χ3n) is 5.10. The van der Waals surface area contributed by atoms with E-state index in [0.29, 0.717) is 18.4 Å². The van der Waals surface area contributed by atoms with Gasteiger partial charge in [-0.3, -0.25) is 4.90 Å². The fourth-order valence-electron chi connectivity index (χ4n) is 3.91. The zero-order chi connectivity index (χ0) is 16.2. The Bertz CT molecular complexity index is 637. The van der Waals surface area contributed by atoms with E-state index < -0.39 is 0 Å². The molecule has 24 heavy (non-hydrogen) atoms. The fourth-order valence-corrected chi connectivity index (χ4v) is 4.56. The predicted octanol–water partition coefficient (Wildman–Crippen LogP) is 2.99. The van der Waals surface area contributed by atoms with Crippen LogP contribution >= 0.6 is 11.3 Å². The molecule has 128 valence electrons. The normalized spacial score (nSPS) is 27.6. The van der Waals surface area contributed by atoms with Gasteiger partial charge in [0, 0.05) is 42.8 Å². The number of pyridine rings is 1. The molecule has 1 saturated heterocycles.